The van der Waals surface area contributed by atoms with Crippen LogP contribution < -0.4 is 5.32 Å². The summed E-state index contributed by atoms with van der Waals surface area (Å²) in [4.78, 5) is 14.4. The van der Waals surface area contributed by atoms with Crippen molar-refractivity contribution in [3.63, 3.8) is 0 Å². The Bertz CT molecular complexity index is 431. The van der Waals surface area contributed by atoms with Gasteiger partial charge in [-0.25, -0.2) is 4.98 Å². The van der Waals surface area contributed by atoms with Crippen molar-refractivity contribution in [2.45, 2.75) is 19.8 Å². The van der Waals surface area contributed by atoms with Crippen LogP contribution in [0.5, 0.6) is 0 Å². The fraction of sp³-hybridized carbons (Fsp3) is 0.583. The number of nitrogens with zero attached hydrogens (tertiary/aromatic N) is 2. The van der Waals surface area contributed by atoms with Gasteiger partial charge in [-0.2, -0.15) is 0 Å². The average Bonchev–Trinajstić information content (AvgIpc) is 2.81. The standard InChI is InChI=1S/C12H17N3O3/c1-9-11(15(16)17)2-3-12(14-9)13-6-4-10-5-7-18-8-10/h2-3,10H,4-8H2,1H3,(H,13,14). The zero-order valence-corrected chi connectivity index (χ0v) is 10.4. The van der Waals surface area contributed by atoms with Crippen molar-refractivity contribution in [1.29, 1.82) is 0 Å². The van der Waals surface area contributed by atoms with Gasteiger partial charge in [-0.15, -0.1) is 0 Å². The Morgan fingerprint density at radius 2 is 2.44 bits per heavy atom. The Morgan fingerprint density at radius 3 is 3.06 bits per heavy atom. The number of hydrogen-bond donors (Lipinski definition) is 1. The zero-order valence-electron chi connectivity index (χ0n) is 10.4. The topological polar surface area (TPSA) is 77.3 Å². The third-order valence-electron chi connectivity index (χ3n) is 3.14. The molecule has 1 saturated heterocycles. The van der Waals surface area contributed by atoms with Gasteiger partial charge >= 0.3 is 0 Å². The molecule has 0 saturated carbocycles. The lowest BCUT2D eigenvalue weighted by Crippen LogP contribution is -2.10. The highest BCUT2D eigenvalue weighted by Crippen LogP contribution is 2.19. The lowest BCUT2D eigenvalue weighted by Gasteiger charge is -2.09. The molecule has 0 spiro atoms. The van der Waals surface area contributed by atoms with Crippen LogP contribution >= 0.6 is 0 Å². The first kappa shape index (κ1) is 12.8. The van der Waals surface area contributed by atoms with E-state index < -0.39 is 4.92 Å². The second kappa shape index (κ2) is 5.77. The summed E-state index contributed by atoms with van der Waals surface area (Å²) in [5.41, 5.74) is 0.499. The molecular weight excluding hydrogens is 234 g/mol. The molecule has 0 amide bonds. The summed E-state index contributed by atoms with van der Waals surface area (Å²) in [5.74, 6) is 1.31. The summed E-state index contributed by atoms with van der Waals surface area (Å²) < 4.78 is 5.30. The highest BCUT2D eigenvalue weighted by atomic mass is 16.6. The first-order valence-corrected chi connectivity index (χ1v) is 6.10. The molecule has 2 rings (SSSR count). The van der Waals surface area contributed by atoms with Gasteiger partial charge in [0.05, 0.1) is 4.92 Å². The predicted molar refractivity (Wildman–Crippen MR) is 67.7 cm³/mol. The van der Waals surface area contributed by atoms with E-state index >= 15 is 0 Å². The average molecular weight is 251 g/mol. The Kier molecular flexibility index (Phi) is 4.09. The van der Waals surface area contributed by atoms with Crippen LogP contribution in [0.1, 0.15) is 18.5 Å². The van der Waals surface area contributed by atoms with E-state index in [1.54, 1.807) is 13.0 Å². The minimum Gasteiger partial charge on any atom is -0.381 e. The number of ether oxygens (including phenoxy) is 1. The molecule has 0 bridgehead atoms. The minimum absolute atomic E-state index is 0.0599. The van der Waals surface area contributed by atoms with Crippen molar-refractivity contribution in [2.24, 2.45) is 5.92 Å². The minimum atomic E-state index is -0.415. The van der Waals surface area contributed by atoms with Crippen molar-refractivity contribution in [3.05, 3.63) is 27.9 Å². The van der Waals surface area contributed by atoms with Crippen LogP contribution in [0, 0.1) is 23.0 Å². The van der Waals surface area contributed by atoms with Crippen LogP contribution in [0.3, 0.4) is 0 Å². The maximum absolute atomic E-state index is 10.7. The summed E-state index contributed by atoms with van der Waals surface area (Å²) in [7, 11) is 0. The van der Waals surface area contributed by atoms with Crippen molar-refractivity contribution >= 4 is 11.5 Å². The van der Waals surface area contributed by atoms with Crippen LogP contribution in [-0.2, 0) is 4.74 Å². The normalized spacial score (nSPS) is 18.8. The van der Waals surface area contributed by atoms with Crippen molar-refractivity contribution in [3.8, 4) is 0 Å². The highest BCUT2D eigenvalue weighted by Gasteiger charge is 2.15. The lowest BCUT2D eigenvalue weighted by molar-refractivity contribution is -0.385. The number of nitrogens with one attached hydrogen (secondary N) is 1. The molecule has 1 atom stereocenters. The van der Waals surface area contributed by atoms with Gasteiger partial charge in [0, 0.05) is 25.8 Å². The number of nitro groups is 1. The molecule has 2 heterocycles. The molecule has 6 nitrogen and oxygen atoms in total. The third-order valence-corrected chi connectivity index (χ3v) is 3.14. The molecular formula is C12H17N3O3. The first-order valence-electron chi connectivity index (χ1n) is 6.10. The van der Waals surface area contributed by atoms with E-state index in [0.717, 1.165) is 32.6 Å². The summed E-state index contributed by atoms with van der Waals surface area (Å²) in [6.07, 6.45) is 2.16. The van der Waals surface area contributed by atoms with Gasteiger partial charge in [-0.05, 0) is 31.7 Å². The fourth-order valence-corrected chi connectivity index (χ4v) is 2.06. The number of aryl methyl sites for hydroxylation is 1. The SMILES string of the molecule is Cc1nc(NCCC2CCOC2)ccc1[N+](=O)[O-]. The van der Waals surface area contributed by atoms with Crippen molar-refractivity contribution in [2.75, 3.05) is 25.1 Å². The summed E-state index contributed by atoms with van der Waals surface area (Å²) >= 11 is 0. The zero-order chi connectivity index (χ0) is 13.0. The van der Waals surface area contributed by atoms with E-state index in [2.05, 4.69) is 10.3 Å². The number of rotatable bonds is 5. The monoisotopic (exact) mass is 251 g/mol. The molecule has 1 aliphatic rings. The van der Waals surface area contributed by atoms with E-state index in [-0.39, 0.29) is 5.69 Å². The van der Waals surface area contributed by atoms with Gasteiger partial charge in [0.2, 0.25) is 0 Å². The third kappa shape index (κ3) is 3.16. The van der Waals surface area contributed by atoms with E-state index in [4.69, 9.17) is 4.74 Å². The molecule has 0 aliphatic carbocycles. The van der Waals surface area contributed by atoms with Gasteiger partial charge in [0.25, 0.3) is 5.69 Å². The van der Waals surface area contributed by atoms with Crippen molar-refractivity contribution in [1.82, 2.24) is 4.98 Å². The van der Waals surface area contributed by atoms with Gasteiger partial charge in [-0.1, -0.05) is 0 Å². The Labute approximate surface area is 106 Å². The molecule has 1 N–H and O–H groups in total. The summed E-state index contributed by atoms with van der Waals surface area (Å²) in [6.45, 7) is 4.17. The number of anilines is 1. The van der Waals surface area contributed by atoms with Gasteiger partial charge in [-0.3, -0.25) is 10.1 Å². The molecule has 1 aromatic rings. The molecule has 1 fully saturated rings. The van der Waals surface area contributed by atoms with Crippen molar-refractivity contribution < 1.29 is 9.66 Å². The summed E-state index contributed by atoms with van der Waals surface area (Å²) in [6, 6.07) is 3.14. The molecule has 18 heavy (non-hydrogen) atoms. The van der Waals surface area contributed by atoms with Crippen LogP contribution in [0.15, 0.2) is 12.1 Å². The van der Waals surface area contributed by atoms with Crippen LogP contribution in [-0.4, -0.2) is 29.7 Å². The van der Waals surface area contributed by atoms with Crippen LogP contribution in [0.2, 0.25) is 0 Å². The van der Waals surface area contributed by atoms with E-state index in [1.807, 2.05) is 0 Å². The smallest absolute Gasteiger partial charge is 0.290 e. The second-order valence-electron chi connectivity index (χ2n) is 4.50. The van der Waals surface area contributed by atoms with E-state index in [0.29, 0.717) is 17.4 Å². The highest BCUT2D eigenvalue weighted by molar-refractivity contribution is 5.44. The van der Waals surface area contributed by atoms with Gasteiger partial charge in [0.1, 0.15) is 11.5 Å². The van der Waals surface area contributed by atoms with Crippen LogP contribution in [0.25, 0.3) is 0 Å². The molecule has 1 unspecified atom stereocenters. The molecule has 0 aromatic carbocycles. The number of hydrogen-bond acceptors (Lipinski definition) is 5. The second-order valence-corrected chi connectivity index (χ2v) is 4.50. The Balaban J connectivity index is 1.85. The van der Waals surface area contributed by atoms with Gasteiger partial charge in [0.15, 0.2) is 0 Å². The predicted octanol–water partition coefficient (Wildman–Crippen LogP) is 2.14. The largest absolute Gasteiger partial charge is 0.381 e. The number of aromatic nitrogens is 1. The van der Waals surface area contributed by atoms with E-state index in [9.17, 15) is 10.1 Å². The molecule has 0 radical (unpaired) electrons. The summed E-state index contributed by atoms with van der Waals surface area (Å²) in [5, 5.41) is 13.8. The molecule has 98 valence electrons. The van der Waals surface area contributed by atoms with Crippen LogP contribution in [0.4, 0.5) is 11.5 Å². The lowest BCUT2D eigenvalue weighted by atomic mass is 10.1. The van der Waals surface area contributed by atoms with E-state index in [1.165, 1.54) is 6.07 Å². The fourth-order valence-electron chi connectivity index (χ4n) is 2.06. The number of pyridine rings is 1. The maximum Gasteiger partial charge on any atom is 0.290 e. The molecule has 1 aromatic heterocycles. The molecule has 6 heteroatoms. The Hall–Kier alpha value is -1.69. The Morgan fingerprint density at radius 1 is 1.61 bits per heavy atom. The quantitative estimate of drug-likeness (QED) is 0.640. The molecule has 1 aliphatic heterocycles. The first-order chi connectivity index (χ1) is 8.66. The maximum atomic E-state index is 10.7. The van der Waals surface area contributed by atoms with Gasteiger partial charge < -0.3 is 10.1 Å².